The molecule has 33 heavy (non-hydrogen) atoms. The molecule has 0 bridgehead atoms. The molecule has 0 radical (unpaired) electrons. The summed E-state index contributed by atoms with van der Waals surface area (Å²) < 4.78 is 7.18. The van der Waals surface area contributed by atoms with E-state index in [-0.39, 0.29) is 11.8 Å². The van der Waals surface area contributed by atoms with Crippen LogP contribution in [0.2, 0.25) is 0 Å². The number of likely N-dealkylation sites (tertiary alicyclic amines) is 1. The Kier molecular flexibility index (Phi) is 7.31. The molecule has 9 heteroatoms. The van der Waals surface area contributed by atoms with Gasteiger partial charge < -0.3 is 20.3 Å². The summed E-state index contributed by atoms with van der Waals surface area (Å²) in [4.78, 5) is 31.2. The van der Waals surface area contributed by atoms with Gasteiger partial charge in [0.05, 0.1) is 18.8 Å². The third-order valence-corrected chi connectivity index (χ3v) is 5.81. The molecule has 1 saturated heterocycles. The maximum absolute atomic E-state index is 12.5. The van der Waals surface area contributed by atoms with Gasteiger partial charge in [-0.05, 0) is 49.2 Å². The van der Waals surface area contributed by atoms with Gasteiger partial charge in [0.2, 0.25) is 5.91 Å². The highest BCUT2D eigenvalue weighted by Crippen LogP contribution is 2.24. The molecule has 172 valence electrons. The fraction of sp³-hybridized carbons (Fsp3) is 0.333. The van der Waals surface area contributed by atoms with Crippen molar-refractivity contribution in [2.75, 3.05) is 37.4 Å². The van der Waals surface area contributed by atoms with E-state index in [1.165, 1.54) is 0 Å². The van der Waals surface area contributed by atoms with Crippen LogP contribution in [0, 0.1) is 0 Å². The van der Waals surface area contributed by atoms with Crippen molar-refractivity contribution < 1.29 is 14.3 Å². The first-order chi connectivity index (χ1) is 16.1. The standard InChI is InChI=1S/C24H28N6O3/c1-33-22-5-3-2-4-21(22)28-24(32)18-6-8-19(9-7-18)27-23(31)12-15-29-13-10-20(11-14-29)30-17-25-16-26-30/h2-9,16-17,20H,10-15H2,1H3,(H,27,31)(H,28,32). The Morgan fingerprint density at radius 2 is 1.82 bits per heavy atom. The average molecular weight is 449 g/mol. The molecule has 1 fully saturated rings. The molecule has 1 aliphatic rings. The van der Waals surface area contributed by atoms with Gasteiger partial charge in [0.15, 0.2) is 0 Å². The number of nitrogens with one attached hydrogen (secondary N) is 2. The number of piperidine rings is 1. The number of anilines is 2. The van der Waals surface area contributed by atoms with Gasteiger partial charge in [0, 0.05) is 37.3 Å². The van der Waals surface area contributed by atoms with E-state index in [4.69, 9.17) is 4.74 Å². The van der Waals surface area contributed by atoms with Crippen LogP contribution in [-0.4, -0.2) is 58.2 Å². The van der Waals surface area contributed by atoms with Gasteiger partial charge in [0.1, 0.15) is 18.4 Å². The van der Waals surface area contributed by atoms with E-state index in [9.17, 15) is 9.59 Å². The zero-order valence-electron chi connectivity index (χ0n) is 18.6. The lowest BCUT2D eigenvalue weighted by Gasteiger charge is -2.31. The Balaban J connectivity index is 1.22. The summed E-state index contributed by atoms with van der Waals surface area (Å²) in [7, 11) is 1.56. The maximum atomic E-state index is 12.5. The second kappa shape index (κ2) is 10.7. The van der Waals surface area contributed by atoms with E-state index in [1.807, 2.05) is 16.8 Å². The summed E-state index contributed by atoms with van der Waals surface area (Å²) in [6.07, 6.45) is 5.76. The van der Waals surface area contributed by atoms with Gasteiger partial charge >= 0.3 is 0 Å². The molecule has 2 heterocycles. The molecule has 0 aliphatic carbocycles. The molecule has 0 unspecified atom stereocenters. The van der Waals surface area contributed by atoms with Gasteiger partial charge in [-0.2, -0.15) is 5.10 Å². The van der Waals surface area contributed by atoms with Crippen LogP contribution in [0.25, 0.3) is 0 Å². The second-order valence-electron chi connectivity index (χ2n) is 7.98. The Morgan fingerprint density at radius 3 is 2.52 bits per heavy atom. The molecular weight excluding hydrogens is 420 g/mol. The molecule has 2 N–H and O–H groups in total. The van der Waals surface area contributed by atoms with Crippen LogP contribution in [0.3, 0.4) is 0 Å². The smallest absolute Gasteiger partial charge is 0.255 e. The zero-order chi connectivity index (χ0) is 23.0. The van der Waals surface area contributed by atoms with Crippen LogP contribution in [-0.2, 0) is 4.79 Å². The molecule has 2 aromatic carbocycles. The third-order valence-electron chi connectivity index (χ3n) is 5.81. The Hall–Kier alpha value is -3.72. The third kappa shape index (κ3) is 5.95. The minimum atomic E-state index is -0.244. The molecule has 2 amide bonds. The van der Waals surface area contributed by atoms with Crippen LogP contribution in [0.5, 0.6) is 5.75 Å². The van der Waals surface area contributed by atoms with E-state index in [0.717, 1.165) is 32.5 Å². The minimum Gasteiger partial charge on any atom is -0.495 e. The maximum Gasteiger partial charge on any atom is 0.255 e. The SMILES string of the molecule is COc1ccccc1NC(=O)c1ccc(NC(=O)CCN2CCC(n3cncn3)CC2)cc1. The van der Waals surface area contributed by atoms with Crippen molar-refractivity contribution in [3.05, 3.63) is 66.7 Å². The summed E-state index contributed by atoms with van der Waals surface area (Å²) >= 11 is 0. The van der Waals surface area contributed by atoms with Crippen molar-refractivity contribution in [3.8, 4) is 5.75 Å². The monoisotopic (exact) mass is 448 g/mol. The van der Waals surface area contributed by atoms with E-state index in [1.54, 1.807) is 56.2 Å². The molecule has 3 aromatic rings. The number of para-hydroxylation sites is 2. The number of rotatable bonds is 8. The summed E-state index contributed by atoms with van der Waals surface area (Å²) in [6.45, 7) is 2.59. The Morgan fingerprint density at radius 1 is 1.06 bits per heavy atom. The zero-order valence-corrected chi connectivity index (χ0v) is 18.6. The lowest BCUT2D eigenvalue weighted by Crippen LogP contribution is -2.36. The fourth-order valence-corrected chi connectivity index (χ4v) is 3.94. The van der Waals surface area contributed by atoms with Gasteiger partial charge in [0.25, 0.3) is 5.91 Å². The van der Waals surface area contributed by atoms with Crippen molar-refractivity contribution in [1.82, 2.24) is 19.7 Å². The molecule has 1 aliphatic heterocycles. The minimum absolute atomic E-state index is 0.0420. The molecular formula is C24H28N6O3. The highest BCUT2D eigenvalue weighted by atomic mass is 16.5. The molecule has 0 atom stereocenters. The van der Waals surface area contributed by atoms with Crippen molar-refractivity contribution in [1.29, 1.82) is 0 Å². The quantitative estimate of drug-likeness (QED) is 0.549. The highest BCUT2D eigenvalue weighted by molar-refractivity contribution is 6.05. The summed E-state index contributed by atoms with van der Waals surface area (Å²) in [5, 5.41) is 9.97. The summed E-state index contributed by atoms with van der Waals surface area (Å²) in [5.41, 5.74) is 1.76. The topological polar surface area (TPSA) is 101 Å². The molecule has 4 rings (SSSR count). The highest BCUT2D eigenvalue weighted by Gasteiger charge is 2.21. The largest absolute Gasteiger partial charge is 0.495 e. The van der Waals surface area contributed by atoms with Crippen LogP contribution in [0.4, 0.5) is 11.4 Å². The Bertz CT molecular complexity index is 1060. The predicted octanol–water partition coefficient (Wildman–Crippen LogP) is 3.20. The first kappa shape index (κ1) is 22.5. The van der Waals surface area contributed by atoms with Gasteiger partial charge in [-0.3, -0.25) is 9.59 Å². The molecule has 0 saturated carbocycles. The number of ether oxygens (including phenoxy) is 1. The van der Waals surface area contributed by atoms with Crippen molar-refractivity contribution >= 4 is 23.2 Å². The Labute approximate surface area is 192 Å². The first-order valence-corrected chi connectivity index (χ1v) is 11.0. The number of carbonyl (C=O) groups is 2. The number of nitrogens with zero attached hydrogens (tertiary/aromatic N) is 4. The second-order valence-corrected chi connectivity index (χ2v) is 7.98. The van der Waals surface area contributed by atoms with Crippen LogP contribution < -0.4 is 15.4 Å². The van der Waals surface area contributed by atoms with Crippen LogP contribution >= 0.6 is 0 Å². The summed E-state index contributed by atoms with van der Waals surface area (Å²) in [6, 6.07) is 14.5. The number of hydrogen-bond acceptors (Lipinski definition) is 6. The summed E-state index contributed by atoms with van der Waals surface area (Å²) in [5.74, 6) is 0.309. The number of benzene rings is 2. The lowest BCUT2D eigenvalue weighted by molar-refractivity contribution is -0.116. The van der Waals surface area contributed by atoms with E-state index in [0.29, 0.717) is 35.2 Å². The number of carbonyl (C=O) groups excluding carboxylic acids is 2. The van der Waals surface area contributed by atoms with Gasteiger partial charge in [-0.1, -0.05) is 12.1 Å². The lowest BCUT2D eigenvalue weighted by atomic mass is 10.1. The normalized spacial score (nSPS) is 14.6. The molecule has 0 spiro atoms. The number of amides is 2. The number of methoxy groups -OCH3 is 1. The average Bonchev–Trinajstić information content (AvgIpc) is 3.39. The molecule has 9 nitrogen and oxygen atoms in total. The predicted molar refractivity (Wildman–Crippen MR) is 125 cm³/mol. The van der Waals surface area contributed by atoms with E-state index in [2.05, 4.69) is 25.6 Å². The van der Waals surface area contributed by atoms with E-state index < -0.39 is 0 Å². The van der Waals surface area contributed by atoms with Crippen molar-refractivity contribution in [3.63, 3.8) is 0 Å². The number of hydrogen-bond donors (Lipinski definition) is 2. The van der Waals surface area contributed by atoms with Crippen LogP contribution in [0.1, 0.15) is 35.7 Å². The van der Waals surface area contributed by atoms with Crippen molar-refractivity contribution in [2.45, 2.75) is 25.3 Å². The fourth-order valence-electron chi connectivity index (χ4n) is 3.94. The first-order valence-electron chi connectivity index (χ1n) is 11.0. The van der Waals surface area contributed by atoms with Gasteiger partial charge in [-0.25, -0.2) is 9.67 Å². The number of aromatic nitrogens is 3. The van der Waals surface area contributed by atoms with Gasteiger partial charge in [-0.15, -0.1) is 0 Å². The van der Waals surface area contributed by atoms with E-state index >= 15 is 0 Å². The molecule has 1 aromatic heterocycles. The van der Waals surface area contributed by atoms with Crippen molar-refractivity contribution in [2.24, 2.45) is 0 Å². The van der Waals surface area contributed by atoms with Crippen LogP contribution in [0.15, 0.2) is 61.2 Å².